The maximum absolute atomic E-state index is 6.17. The summed E-state index contributed by atoms with van der Waals surface area (Å²) in [5.74, 6) is 2.35. The third-order valence-electron chi connectivity index (χ3n) is 5.68. The highest BCUT2D eigenvalue weighted by Gasteiger charge is 2.30. The Kier molecular flexibility index (Phi) is 5.23. The van der Waals surface area contributed by atoms with Crippen molar-refractivity contribution in [1.82, 2.24) is 14.8 Å². The molecular weight excluding hydrogens is 442 g/mol. The van der Waals surface area contributed by atoms with Gasteiger partial charge in [0.15, 0.2) is 0 Å². The van der Waals surface area contributed by atoms with Crippen LogP contribution in [0.4, 0.5) is 5.95 Å². The summed E-state index contributed by atoms with van der Waals surface area (Å²) in [4.78, 5) is 1.25. The Morgan fingerprint density at radius 1 is 0.969 bits per heavy atom. The standard InChI is InChI=1S/C24H22ClN5OS/c1-14-15(2)32-23-21(14)22(18-7-9-19(25)10-8-18)28-29(24-27-26-16(3)30(23)24)13-17-5-11-20(31-4)12-6-17/h5-12H,13H2,1-4H3. The highest BCUT2D eigenvalue weighted by Crippen LogP contribution is 2.38. The number of rotatable bonds is 4. The molecule has 0 unspecified atom stereocenters. The summed E-state index contributed by atoms with van der Waals surface area (Å²) in [6.07, 6.45) is 0. The fourth-order valence-corrected chi connectivity index (χ4v) is 5.16. The number of ether oxygens (including phenoxy) is 1. The molecule has 162 valence electrons. The Hall–Kier alpha value is -3.16. The molecule has 5 rings (SSSR count). The summed E-state index contributed by atoms with van der Waals surface area (Å²) in [6.45, 7) is 6.81. The zero-order valence-electron chi connectivity index (χ0n) is 18.3. The van der Waals surface area contributed by atoms with Gasteiger partial charge in [0.05, 0.1) is 13.7 Å². The van der Waals surface area contributed by atoms with Crippen LogP contribution in [0.5, 0.6) is 5.75 Å². The molecule has 3 heterocycles. The number of aromatic nitrogens is 3. The van der Waals surface area contributed by atoms with Gasteiger partial charge in [-0.15, -0.1) is 21.5 Å². The van der Waals surface area contributed by atoms with Crippen molar-refractivity contribution in [3.8, 4) is 10.8 Å². The molecule has 0 fully saturated rings. The number of hydrogen-bond acceptors (Lipinski definition) is 6. The number of benzene rings is 2. The van der Waals surface area contributed by atoms with Crippen molar-refractivity contribution >= 4 is 34.6 Å². The van der Waals surface area contributed by atoms with E-state index in [-0.39, 0.29) is 0 Å². The van der Waals surface area contributed by atoms with Crippen molar-refractivity contribution in [3.63, 3.8) is 0 Å². The predicted octanol–water partition coefficient (Wildman–Crippen LogP) is 5.69. The molecule has 0 atom stereocenters. The van der Waals surface area contributed by atoms with Gasteiger partial charge in [0.1, 0.15) is 22.3 Å². The highest BCUT2D eigenvalue weighted by molar-refractivity contribution is 7.15. The van der Waals surface area contributed by atoms with Crippen LogP contribution >= 0.6 is 22.9 Å². The fraction of sp³-hybridized carbons (Fsp3) is 0.208. The maximum atomic E-state index is 6.17. The van der Waals surface area contributed by atoms with Crippen molar-refractivity contribution in [1.29, 1.82) is 0 Å². The fourth-order valence-electron chi connectivity index (χ4n) is 3.84. The molecule has 2 aromatic heterocycles. The molecule has 1 aliphatic rings. The van der Waals surface area contributed by atoms with Gasteiger partial charge in [-0.25, -0.2) is 5.01 Å². The molecule has 0 amide bonds. The number of nitrogens with zero attached hydrogens (tertiary/aromatic N) is 5. The zero-order chi connectivity index (χ0) is 22.4. The minimum absolute atomic E-state index is 0.548. The number of thiophene rings is 1. The zero-order valence-corrected chi connectivity index (χ0v) is 19.8. The number of hydrazone groups is 1. The van der Waals surface area contributed by atoms with Gasteiger partial charge in [-0.3, -0.25) is 4.57 Å². The minimum Gasteiger partial charge on any atom is -0.497 e. The third kappa shape index (κ3) is 3.47. The molecule has 0 N–H and O–H groups in total. The predicted molar refractivity (Wildman–Crippen MR) is 130 cm³/mol. The van der Waals surface area contributed by atoms with Gasteiger partial charge in [-0.1, -0.05) is 35.9 Å². The van der Waals surface area contributed by atoms with E-state index in [0.29, 0.717) is 17.5 Å². The Labute approximate surface area is 195 Å². The number of methoxy groups -OCH3 is 1. The number of aryl methyl sites for hydroxylation is 2. The van der Waals surface area contributed by atoms with Crippen molar-refractivity contribution in [3.05, 3.63) is 86.5 Å². The summed E-state index contributed by atoms with van der Waals surface area (Å²) in [7, 11) is 1.67. The van der Waals surface area contributed by atoms with Crippen LogP contribution in [0.15, 0.2) is 53.6 Å². The molecule has 6 nitrogen and oxygen atoms in total. The first-order chi connectivity index (χ1) is 15.5. The number of fused-ring (bicyclic) bond motifs is 3. The van der Waals surface area contributed by atoms with Gasteiger partial charge in [-0.2, -0.15) is 5.10 Å². The van der Waals surface area contributed by atoms with Crippen LogP contribution in [-0.2, 0) is 6.54 Å². The molecular formula is C24H22ClN5OS. The van der Waals surface area contributed by atoms with Crippen molar-refractivity contribution in [2.75, 3.05) is 12.1 Å². The lowest BCUT2D eigenvalue weighted by molar-refractivity contribution is 0.414. The number of hydrogen-bond donors (Lipinski definition) is 0. The van der Waals surface area contributed by atoms with E-state index in [1.807, 2.05) is 60.5 Å². The van der Waals surface area contributed by atoms with Crippen molar-refractivity contribution < 1.29 is 4.74 Å². The highest BCUT2D eigenvalue weighted by atomic mass is 35.5. The lowest BCUT2D eigenvalue weighted by atomic mass is 10.00. The Morgan fingerprint density at radius 2 is 1.69 bits per heavy atom. The first-order valence-corrected chi connectivity index (χ1v) is 11.4. The summed E-state index contributed by atoms with van der Waals surface area (Å²) < 4.78 is 7.41. The molecule has 4 aromatic rings. The Bertz CT molecular complexity index is 1320. The van der Waals surface area contributed by atoms with E-state index in [1.54, 1.807) is 18.4 Å². The summed E-state index contributed by atoms with van der Waals surface area (Å²) in [5, 5.41) is 17.7. The molecule has 0 aliphatic carbocycles. The molecule has 1 aliphatic heterocycles. The van der Waals surface area contributed by atoms with Gasteiger partial charge in [0.2, 0.25) is 0 Å². The van der Waals surface area contributed by atoms with E-state index in [4.69, 9.17) is 21.4 Å². The molecule has 32 heavy (non-hydrogen) atoms. The van der Waals surface area contributed by atoms with E-state index in [2.05, 4.69) is 28.6 Å². The van der Waals surface area contributed by atoms with Crippen LogP contribution in [0.3, 0.4) is 0 Å². The smallest absolute Gasteiger partial charge is 0.253 e. The second-order valence-corrected chi connectivity index (χ2v) is 9.35. The van der Waals surface area contributed by atoms with Crippen LogP contribution in [0.25, 0.3) is 5.00 Å². The molecule has 0 spiro atoms. The van der Waals surface area contributed by atoms with E-state index in [9.17, 15) is 0 Å². The van der Waals surface area contributed by atoms with E-state index >= 15 is 0 Å². The molecule has 0 saturated carbocycles. The van der Waals surface area contributed by atoms with Crippen molar-refractivity contribution in [2.24, 2.45) is 5.10 Å². The third-order valence-corrected chi connectivity index (χ3v) is 7.12. The Balaban J connectivity index is 1.71. The van der Waals surface area contributed by atoms with Crippen LogP contribution < -0.4 is 9.75 Å². The lowest BCUT2D eigenvalue weighted by Gasteiger charge is -2.18. The second-order valence-electron chi connectivity index (χ2n) is 7.71. The van der Waals surface area contributed by atoms with E-state index in [1.165, 1.54) is 10.4 Å². The van der Waals surface area contributed by atoms with Crippen LogP contribution in [-0.4, -0.2) is 27.6 Å². The quantitative estimate of drug-likeness (QED) is 0.390. The Morgan fingerprint density at radius 3 is 2.38 bits per heavy atom. The second kappa shape index (κ2) is 8.07. The number of halogens is 1. The van der Waals surface area contributed by atoms with Gasteiger partial charge in [-0.05, 0) is 56.2 Å². The largest absolute Gasteiger partial charge is 0.497 e. The molecule has 0 saturated heterocycles. The average Bonchev–Trinajstić information content (AvgIpc) is 3.27. The van der Waals surface area contributed by atoms with Crippen molar-refractivity contribution in [2.45, 2.75) is 27.3 Å². The molecule has 8 heteroatoms. The van der Waals surface area contributed by atoms with Gasteiger partial charge < -0.3 is 4.74 Å². The van der Waals surface area contributed by atoms with Gasteiger partial charge in [0, 0.05) is 21.0 Å². The maximum Gasteiger partial charge on any atom is 0.253 e. The van der Waals surface area contributed by atoms with Crippen LogP contribution in [0.1, 0.15) is 33.0 Å². The first kappa shape index (κ1) is 20.7. The molecule has 0 radical (unpaired) electrons. The van der Waals surface area contributed by atoms with E-state index < -0.39 is 0 Å². The topological polar surface area (TPSA) is 55.5 Å². The first-order valence-electron chi connectivity index (χ1n) is 10.2. The lowest BCUT2D eigenvalue weighted by Crippen LogP contribution is -2.20. The summed E-state index contributed by atoms with van der Waals surface area (Å²) in [6, 6.07) is 15.8. The monoisotopic (exact) mass is 463 g/mol. The molecule has 0 bridgehead atoms. The summed E-state index contributed by atoms with van der Waals surface area (Å²) in [5.41, 5.74) is 5.32. The normalized spacial score (nSPS) is 12.8. The van der Waals surface area contributed by atoms with E-state index in [0.717, 1.165) is 39.0 Å². The SMILES string of the molecule is COc1ccc(CN2N=C(c3ccc(Cl)cc3)c3c(sc(C)c3C)-n3c(C)nnc32)cc1. The van der Waals surface area contributed by atoms with Gasteiger partial charge >= 0.3 is 0 Å². The number of anilines is 1. The average molecular weight is 464 g/mol. The summed E-state index contributed by atoms with van der Waals surface area (Å²) >= 11 is 7.91. The van der Waals surface area contributed by atoms with Gasteiger partial charge in [0.25, 0.3) is 5.95 Å². The van der Waals surface area contributed by atoms with Crippen LogP contribution in [0, 0.1) is 20.8 Å². The molecule has 2 aromatic carbocycles. The minimum atomic E-state index is 0.548. The van der Waals surface area contributed by atoms with Crippen LogP contribution in [0.2, 0.25) is 5.02 Å².